The van der Waals surface area contributed by atoms with Crippen LogP contribution >= 0.6 is 0 Å². The van der Waals surface area contributed by atoms with E-state index < -0.39 is 0 Å². The maximum Gasteiger partial charge on any atom is 0.272 e. The maximum atomic E-state index is 12.4. The number of ether oxygens (including phenoxy) is 1. The third kappa shape index (κ3) is 4.66. The van der Waals surface area contributed by atoms with Gasteiger partial charge in [-0.25, -0.2) is 9.97 Å². The van der Waals surface area contributed by atoms with Gasteiger partial charge in [0.2, 0.25) is 0 Å². The summed E-state index contributed by atoms with van der Waals surface area (Å²) < 4.78 is 5.58. The van der Waals surface area contributed by atoms with Gasteiger partial charge >= 0.3 is 0 Å². The normalized spacial score (nSPS) is 17.5. The van der Waals surface area contributed by atoms with Crippen molar-refractivity contribution in [2.75, 3.05) is 32.1 Å². The van der Waals surface area contributed by atoms with Gasteiger partial charge in [0, 0.05) is 32.8 Å². The molecule has 0 bridgehead atoms. The summed E-state index contributed by atoms with van der Waals surface area (Å²) in [5.74, 6) is 1.24. The second-order valence-electron chi connectivity index (χ2n) is 5.78. The number of aromatic nitrogens is 2. The molecule has 0 radical (unpaired) electrons. The predicted octanol–water partition coefficient (Wildman–Crippen LogP) is 2.25. The number of hydrogen-bond acceptors (Lipinski definition) is 5. The highest BCUT2D eigenvalue weighted by Crippen LogP contribution is 2.14. The van der Waals surface area contributed by atoms with E-state index in [1.807, 2.05) is 7.05 Å². The minimum absolute atomic E-state index is 0.0564. The lowest BCUT2D eigenvalue weighted by Crippen LogP contribution is -2.29. The zero-order valence-corrected chi connectivity index (χ0v) is 13.8. The van der Waals surface area contributed by atoms with Crippen molar-refractivity contribution in [3.05, 3.63) is 17.6 Å². The van der Waals surface area contributed by atoms with Crippen LogP contribution in [0.4, 0.5) is 5.82 Å². The van der Waals surface area contributed by atoms with Crippen molar-refractivity contribution in [1.82, 2.24) is 14.9 Å². The quantitative estimate of drug-likeness (QED) is 0.837. The summed E-state index contributed by atoms with van der Waals surface area (Å²) in [5.41, 5.74) is 0.445. The Balaban J connectivity index is 2.00. The third-order valence-electron chi connectivity index (χ3n) is 3.79. The van der Waals surface area contributed by atoms with E-state index in [4.69, 9.17) is 4.74 Å². The number of rotatable bonds is 7. The van der Waals surface area contributed by atoms with E-state index in [1.54, 1.807) is 17.9 Å². The summed E-state index contributed by atoms with van der Waals surface area (Å²) in [6, 6.07) is 1.73. The number of carbonyl (C=O) groups is 1. The Kier molecular flexibility index (Phi) is 6.12. The molecule has 1 fully saturated rings. The monoisotopic (exact) mass is 306 g/mol. The van der Waals surface area contributed by atoms with Crippen LogP contribution in [0, 0.1) is 6.92 Å². The highest BCUT2D eigenvalue weighted by atomic mass is 16.5. The first-order valence-corrected chi connectivity index (χ1v) is 8.06. The van der Waals surface area contributed by atoms with Gasteiger partial charge in [-0.05, 0) is 26.2 Å². The van der Waals surface area contributed by atoms with Crippen molar-refractivity contribution in [2.24, 2.45) is 0 Å². The fourth-order valence-electron chi connectivity index (χ4n) is 2.48. The van der Waals surface area contributed by atoms with Gasteiger partial charge in [-0.1, -0.05) is 13.3 Å². The molecule has 1 unspecified atom stereocenters. The van der Waals surface area contributed by atoms with E-state index in [9.17, 15) is 4.79 Å². The lowest BCUT2D eigenvalue weighted by molar-refractivity contribution is 0.0787. The van der Waals surface area contributed by atoms with E-state index >= 15 is 0 Å². The molecule has 2 heterocycles. The number of amides is 1. The van der Waals surface area contributed by atoms with Crippen LogP contribution in [-0.4, -0.2) is 53.6 Å². The minimum atomic E-state index is -0.0564. The molecule has 1 aliphatic heterocycles. The molecule has 1 aliphatic rings. The largest absolute Gasteiger partial charge is 0.376 e. The molecular weight excluding hydrogens is 280 g/mol. The summed E-state index contributed by atoms with van der Waals surface area (Å²) in [4.78, 5) is 22.7. The number of aryl methyl sites for hydroxylation is 1. The average Bonchev–Trinajstić information content (AvgIpc) is 3.02. The summed E-state index contributed by atoms with van der Waals surface area (Å²) >= 11 is 0. The van der Waals surface area contributed by atoms with Crippen LogP contribution in [0.15, 0.2) is 6.07 Å². The molecule has 1 amide bonds. The van der Waals surface area contributed by atoms with Gasteiger partial charge in [-0.2, -0.15) is 0 Å². The van der Waals surface area contributed by atoms with Crippen molar-refractivity contribution < 1.29 is 9.53 Å². The van der Waals surface area contributed by atoms with Gasteiger partial charge in [0.05, 0.1) is 6.10 Å². The van der Waals surface area contributed by atoms with E-state index in [0.717, 1.165) is 45.4 Å². The molecule has 6 heteroatoms. The van der Waals surface area contributed by atoms with Crippen LogP contribution in [0.5, 0.6) is 0 Å². The summed E-state index contributed by atoms with van der Waals surface area (Å²) in [6.45, 7) is 6.22. The molecule has 1 N–H and O–H groups in total. The van der Waals surface area contributed by atoms with Crippen molar-refractivity contribution >= 4 is 11.7 Å². The molecule has 0 aliphatic carbocycles. The Labute approximate surface area is 132 Å². The Bertz CT molecular complexity index is 501. The molecule has 1 aromatic rings. The second kappa shape index (κ2) is 8.08. The molecule has 122 valence electrons. The number of nitrogens with zero attached hydrogens (tertiary/aromatic N) is 3. The van der Waals surface area contributed by atoms with E-state index in [-0.39, 0.29) is 12.0 Å². The van der Waals surface area contributed by atoms with Crippen molar-refractivity contribution in [3.8, 4) is 0 Å². The second-order valence-corrected chi connectivity index (χ2v) is 5.78. The zero-order chi connectivity index (χ0) is 15.9. The molecule has 0 spiro atoms. The molecule has 1 saturated heterocycles. The lowest BCUT2D eigenvalue weighted by Gasteiger charge is -2.17. The van der Waals surface area contributed by atoms with E-state index in [0.29, 0.717) is 17.3 Å². The Morgan fingerprint density at radius 1 is 1.50 bits per heavy atom. The first-order valence-electron chi connectivity index (χ1n) is 8.06. The zero-order valence-electron chi connectivity index (χ0n) is 13.8. The number of nitrogens with one attached hydrogen (secondary N) is 1. The fraction of sp³-hybridized carbons (Fsp3) is 0.688. The van der Waals surface area contributed by atoms with Crippen molar-refractivity contribution in [3.63, 3.8) is 0 Å². The van der Waals surface area contributed by atoms with Crippen LogP contribution in [0.3, 0.4) is 0 Å². The Morgan fingerprint density at radius 2 is 2.32 bits per heavy atom. The van der Waals surface area contributed by atoms with E-state index in [2.05, 4.69) is 22.2 Å². The third-order valence-corrected chi connectivity index (χ3v) is 3.79. The molecule has 2 rings (SSSR count). The van der Waals surface area contributed by atoms with E-state index in [1.165, 1.54) is 0 Å². The van der Waals surface area contributed by atoms with Crippen LogP contribution in [-0.2, 0) is 4.74 Å². The lowest BCUT2D eigenvalue weighted by atomic mass is 10.2. The number of hydrogen-bond donors (Lipinski definition) is 1. The molecule has 6 nitrogen and oxygen atoms in total. The summed E-state index contributed by atoms with van der Waals surface area (Å²) in [6.07, 6.45) is 4.48. The van der Waals surface area contributed by atoms with Gasteiger partial charge in [-0.15, -0.1) is 0 Å². The minimum Gasteiger partial charge on any atom is -0.376 e. The molecule has 0 saturated carbocycles. The molecular formula is C16H26N4O2. The smallest absolute Gasteiger partial charge is 0.272 e. The van der Waals surface area contributed by atoms with Crippen molar-refractivity contribution in [1.29, 1.82) is 0 Å². The first-order chi connectivity index (χ1) is 10.6. The standard InChI is InChI=1S/C16H26N4O2/c1-4-5-8-20(3)16(21)14-10-15(19-12(2)18-14)17-11-13-7-6-9-22-13/h10,13H,4-9,11H2,1-3H3,(H,17,18,19). The van der Waals surface area contributed by atoms with Gasteiger partial charge < -0.3 is 15.0 Å². The molecule has 22 heavy (non-hydrogen) atoms. The predicted molar refractivity (Wildman–Crippen MR) is 86.1 cm³/mol. The van der Waals surface area contributed by atoms with Crippen LogP contribution in [0.25, 0.3) is 0 Å². The van der Waals surface area contributed by atoms with Crippen molar-refractivity contribution in [2.45, 2.75) is 45.6 Å². The molecule has 0 aromatic carbocycles. The molecule has 1 aromatic heterocycles. The van der Waals surface area contributed by atoms with Crippen LogP contribution in [0.2, 0.25) is 0 Å². The average molecular weight is 306 g/mol. The Hall–Kier alpha value is -1.69. The van der Waals surface area contributed by atoms with Crippen LogP contribution in [0.1, 0.15) is 48.9 Å². The maximum absolute atomic E-state index is 12.4. The number of carbonyl (C=O) groups excluding carboxylic acids is 1. The molecule has 1 atom stereocenters. The fourth-order valence-corrected chi connectivity index (χ4v) is 2.48. The summed E-state index contributed by atoms with van der Waals surface area (Å²) in [7, 11) is 1.81. The van der Waals surface area contributed by atoms with Gasteiger partial charge in [0.1, 0.15) is 17.3 Å². The summed E-state index contributed by atoms with van der Waals surface area (Å²) in [5, 5.41) is 3.26. The Morgan fingerprint density at radius 3 is 3.00 bits per heavy atom. The number of anilines is 1. The highest BCUT2D eigenvalue weighted by molar-refractivity contribution is 5.92. The van der Waals surface area contributed by atoms with Gasteiger partial charge in [0.25, 0.3) is 5.91 Å². The van der Waals surface area contributed by atoms with Gasteiger partial charge in [0.15, 0.2) is 0 Å². The van der Waals surface area contributed by atoms with Crippen LogP contribution < -0.4 is 5.32 Å². The van der Waals surface area contributed by atoms with Gasteiger partial charge in [-0.3, -0.25) is 4.79 Å². The SMILES string of the molecule is CCCCN(C)C(=O)c1cc(NCC2CCCO2)nc(C)n1. The number of unbranched alkanes of at least 4 members (excludes halogenated alkanes) is 1. The highest BCUT2D eigenvalue weighted by Gasteiger charge is 2.17. The topological polar surface area (TPSA) is 67.4 Å². The first kappa shape index (κ1) is 16.7.